The monoisotopic (exact) mass is 313 g/mol. The van der Waals surface area contributed by atoms with Gasteiger partial charge in [0.05, 0.1) is 5.56 Å². The third-order valence-electron chi connectivity index (χ3n) is 3.43. The molecule has 0 saturated carbocycles. The summed E-state index contributed by atoms with van der Waals surface area (Å²) in [5.41, 5.74) is 0.168. The minimum atomic E-state index is -0.442. The lowest BCUT2D eigenvalue weighted by molar-refractivity contribution is 0.0782. The molecule has 4 heteroatoms. The van der Waals surface area contributed by atoms with E-state index in [9.17, 15) is 9.18 Å². The maximum Gasteiger partial charge on any atom is 0.256 e. The second-order valence-electron chi connectivity index (χ2n) is 4.82. The van der Waals surface area contributed by atoms with E-state index in [0.717, 1.165) is 36.8 Å². The summed E-state index contributed by atoms with van der Waals surface area (Å²) in [6.45, 7) is 3.66. The Labute approximate surface area is 115 Å². The first-order valence-electron chi connectivity index (χ1n) is 6.36. The SMILES string of the molecule is CCCC1CCN(C(=O)c2cc(Br)ccc2F)C1. The largest absolute Gasteiger partial charge is 0.338 e. The number of likely N-dealkylation sites (tertiary alicyclic amines) is 1. The van der Waals surface area contributed by atoms with E-state index in [1.54, 1.807) is 17.0 Å². The Hall–Kier alpha value is -0.900. The molecule has 1 aromatic carbocycles. The summed E-state index contributed by atoms with van der Waals surface area (Å²) in [5, 5.41) is 0. The van der Waals surface area contributed by atoms with Crippen LogP contribution in [0.1, 0.15) is 36.5 Å². The van der Waals surface area contributed by atoms with Gasteiger partial charge in [0.25, 0.3) is 5.91 Å². The van der Waals surface area contributed by atoms with Crippen molar-refractivity contribution in [1.82, 2.24) is 4.90 Å². The average Bonchev–Trinajstić information content (AvgIpc) is 2.80. The Morgan fingerprint density at radius 2 is 2.33 bits per heavy atom. The molecule has 2 rings (SSSR count). The van der Waals surface area contributed by atoms with Crippen LogP contribution in [-0.4, -0.2) is 23.9 Å². The van der Waals surface area contributed by atoms with Crippen molar-refractivity contribution >= 4 is 21.8 Å². The van der Waals surface area contributed by atoms with Crippen molar-refractivity contribution in [1.29, 1.82) is 0 Å². The summed E-state index contributed by atoms with van der Waals surface area (Å²) in [6, 6.07) is 4.50. The number of hydrogen-bond donors (Lipinski definition) is 0. The lowest BCUT2D eigenvalue weighted by Crippen LogP contribution is -2.29. The summed E-state index contributed by atoms with van der Waals surface area (Å²) < 4.78 is 14.4. The average molecular weight is 314 g/mol. The first kappa shape index (κ1) is 13.5. The van der Waals surface area contributed by atoms with E-state index in [-0.39, 0.29) is 11.5 Å². The Bertz CT molecular complexity index is 449. The number of halogens is 2. The van der Waals surface area contributed by atoms with Gasteiger partial charge in [-0.15, -0.1) is 0 Å². The van der Waals surface area contributed by atoms with Crippen LogP contribution in [0.5, 0.6) is 0 Å². The van der Waals surface area contributed by atoms with Crippen LogP contribution >= 0.6 is 15.9 Å². The Morgan fingerprint density at radius 1 is 1.56 bits per heavy atom. The summed E-state index contributed by atoms with van der Waals surface area (Å²) in [6.07, 6.45) is 3.32. The van der Waals surface area contributed by atoms with E-state index in [0.29, 0.717) is 5.92 Å². The fourth-order valence-corrected chi connectivity index (χ4v) is 2.85. The van der Waals surface area contributed by atoms with Crippen molar-refractivity contribution in [3.05, 3.63) is 34.1 Å². The third-order valence-corrected chi connectivity index (χ3v) is 3.92. The summed E-state index contributed by atoms with van der Waals surface area (Å²) in [5.74, 6) is -0.0521. The van der Waals surface area contributed by atoms with Gasteiger partial charge in [-0.25, -0.2) is 4.39 Å². The molecule has 18 heavy (non-hydrogen) atoms. The second-order valence-corrected chi connectivity index (χ2v) is 5.73. The van der Waals surface area contributed by atoms with Crippen LogP contribution in [0.15, 0.2) is 22.7 Å². The van der Waals surface area contributed by atoms with Crippen LogP contribution in [0.25, 0.3) is 0 Å². The smallest absolute Gasteiger partial charge is 0.256 e. The molecule has 0 aliphatic carbocycles. The van der Waals surface area contributed by atoms with E-state index >= 15 is 0 Å². The number of rotatable bonds is 3. The molecule has 1 saturated heterocycles. The van der Waals surface area contributed by atoms with Gasteiger partial charge in [0, 0.05) is 17.6 Å². The van der Waals surface area contributed by atoms with Crippen molar-refractivity contribution in [3.63, 3.8) is 0 Å². The molecule has 1 aromatic rings. The predicted molar refractivity (Wildman–Crippen MR) is 73.0 cm³/mol. The van der Waals surface area contributed by atoms with Gasteiger partial charge in [-0.3, -0.25) is 4.79 Å². The minimum absolute atomic E-state index is 0.168. The molecule has 1 fully saturated rings. The molecule has 0 radical (unpaired) electrons. The van der Waals surface area contributed by atoms with Crippen molar-refractivity contribution < 1.29 is 9.18 Å². The molecule has 1 heterocycles. The van der Waals surface area contributed by atoms with Gasteiger partial charge < -0.3 is 4.90 Å². The van der Waals surface area contributed by atoms with Crippen molar-refractivity contribution in [2.45, 2.75) is 26.2 Å². The Kier molecular flexibility index (Phi) is 4.38. The first-order chi connectivity index (χ1) is 8.61. The van der Waals surface area contributed by atoms with Crippen LogP contribution in [0.3, 0.4) is 0 Å². The van der Waals surface area contributed by atoms with E-state index in [4.69, 9.17) is 0 Å². The maximum absolute atomic E-state index is 13.7. The summed E-state index contributed by atoms with van der Waals surface area (Å²) >= 11 is 3.27. The number of carbonyl (C=O) groups is 1. The standard InChI is InChI=1S/C14H17BrFNO/c1-2-3-10-6-7-17(9-10)14(18)12-8-11(15)4-5-13(12)16/h4-5,8,10H,2-3,6-7,9H2,1H3. The number of carbonyl (C=O) groups excluding carboxylic acids is 1. The lowest BCUT2D eigenvalue weighted by Gasteiger charge is -2.17. The number of hydrogen-bond acceptors (Lipinski definition) is 1. The highest BCUT2D eigenvalue weighted by atomic mass is 79.9. The van der Waals surface area contributed by atoms with E-state index in [2.05, 4.69) is 22.9 Å². The normalized spacial score (nSPS) is 19.3. The van der Waals surface area contributed by atoms with Gasteiger partial charge >= 0.3 is 0 Å². The summed E-state index contributed by atoms with van der Waals surface area (Å²) in [4.78, 5) is 14.0. The first-order valence-corrected chi connectivity index (χ1v) is 7.15. The van der Waals surface area contributed by atoms with Crippen LogP contribution in [0.4, 0.5) is 4.39 Å². The predicted octanol–water partition coefficient (Wildman–Crippen LogP) is 3.85. The van der Waals surface area contributed by atoms with Gasteiger partial charge in [0.1, 0.15) is 5.82 Å². The molecule has 2 nitrogen and oxygen atoms in total. The maximum atomic E-state index is 13.7. The Balaban J connectivity index is 2.10. The zero-order chi connectivity index (χ0) is 13.1. The molecule has 98 valence electrons. The Morgan fingerprint density at radius 3 is 3.06 bits per heavy atom. The molecule has 1 amide bonds. The highest BCUT2D eigenvalue weighted by Gasteiger charge is 2.27. The van der Waals surface area contributed by atoms with Crippen molar-refractivity contribution in [2.24, 2.45) is 5.92 Å². The molecule has 0 bridgehead atoms. The zero-order valence-electron chi connectivity index (χ0n) is 10.5. The van der Waals surface area contributed by atoms with Gasteiger partial charge in [0.2, 0.25) is 0 Å². The molecule has 1 atom stereocenters. The fourth-order valence-electron chi connectivity index (χ4n) is 2.49. The number of benzene rings is 1. The van der Waals surface area contributed by atoms with Gasteiger partial charge in [-0.05, 0) is 37.0 Å². The van der Waals surface area contributed by atoms with Crippen LogP contribution in [0, 0.1) is 11.7 Å². The highest BCUT2D eigenvalue weighted by molar-refractivity contribution is 9.10. The van der Waals surface area contributed by atoms with E-state index in [1.807, 2.05) is 0 Å². The van der Waals surface area contributed by atoms with E-state index in [1.165, 1.54) is 6.07 Å². The van der Waals surface area contributed by atoms with Crippen LogP contribution in [-0.2, 0) is 0 Å². The topological polar surface area (TPSA) is 20.3 Å². The minimum Gasteiger partial charge on any atom is -0.338 e. The zero-order valence-corrected chi connectivity index (χ0v) is 12.0. The molecule has 0 spiro atoms. The van der Waals surface area contributed by atoms with Crippen LogP contribution < -0.4 is 0 Å². The highest BCUT2D eigenvalue weighted by Crippen LogP contribution is 2.24. The van der Waals surface area contributed by atoms with Gasteiger partial charge in [-0.2, -0.15) is 0 Å². The number of amides is 1. The van der Waals surface area contributed by atoms with Crippen molar-refractivity contribution in [3.8, 4) is 0 Å². The second kappa shape index (κ2) is 5.83. The molecule has 1 aliphatic heterocycles. The fraction of sp³-hybridized carbons (Fsp3) is 0.500. The van der Waals surface area contributed by atoms with E-state index < -0.39 is 5.82 Å². The quantitative estimate of drug-likeness (QED) is 0.830. The molecule has 0 aromatic heterocycles. The van der Waals surface area contributed by atoms with Crippen molar-refractivity contribution in [2.75, 3.05) is 13.1 Å². The molecule has 1 unspecified atom stereocenters. The van der Waals surface area contributed by atoms with Crippen LogP contribution in [0.2, 0.25) is 0 Å². The van der Waals surface area contributed by atoms with Gasteiger partial charge in [0.15, 0.2) is 0 Å². The molecule has 0 N–H and O–H groups in total. The molecule has 1 aliphatic rings. The third kappa shape index (κ3) is 2.91. The summed E-state index contributed by atoms with van der Waals surface area (Å²) in [7, 11) is 0. The number of nitrogens with zero attached hydrogens (tertiary/aromatic N) is 1. The lowest BCUT2D eigenvalue weighted by atomic mass is 10.0. The van der Waals surface area contributed by atoms with Gasteiger partial charge in [-0.1, -0.05) is 29.3 Å². The molecular weight excluding hydrogens is 297 g/mol. The molecular formula is C14H17BrFNO.